The van der Waals surface area contributed by atoms with Crippen molar-refractivity contribution in [2.75, 3.05) is 13.2 Å². The molecule has 0 fully saturated rings. The van der Waals surface area contributed by atoms with Gasteiger partial charge in [-0.25, -0.2) is 10.2 Å². The van der Waals surface area contributed by atoms with Gasteiger partial charge in [0.1, 0.15) is 12.4 Å². The third kappa shape index (κ3) is 8.77. The molecule has 0 bridgehead atoms. The minimum atomic E-state index is -0.653. The van der Waals surface area contributed by atoms with Crippen LogP contribution < -0.4 is 25.5 Å². The molecule has 0 unspecified atom stereocenters. The fourth-order valence-corrected chi connectivity index (χ4v) is 5.53. The fourth-order valence-electron chi connectivity index (χ4n) is 4.27. The highest BCUT2D eigenvalue weighted by atomic mass is 79.9. The quantitative estimate of drug-likeness (QED) is 0.0723. The monoisotopic (exact) mass is 715 g/mol. The van der Waals surface area contributed by atoms with E-state index in [4.69, 9.17) is 38.0 Å². The first-order chi connectivity index (χ1) is 21.6. The van der Waals surface area contributed by atoms with E-state index in [9.17, 15) is 19.7 Å². The summed E-state index contributed by atoms with van der Waals surface area (Å²) < 4.78 is 17.4. The molecule has 1 aliphatic rings. The van der Waals surface area contributed by atoms with E-state index in [1.54, 1.807) is 62.4 Å². The molecule has 0 aromatic heterocycles. The lowest BCUT2D eigenvalue weighted by Crippen LogP contribution is -2.45. The Hall–Kier alpha value is -4.53. The third-order valence-electron chi connectivity index (χ3n) is 6.31. The summed E-state index contributed by atoms with van der Waals surface area (Å²) >= 11 is 15.1. The number of rotatable bonds is 12. The number of nitro benzene ring substituents is 1. The number of para-hydroxylation sites is 1. The molecule has 1 heterocycles. The Morgan fingerprint density at radius 1 is 1.18 bits per heavy atom. The summed E-state index contributed by atoms with van der Waals surface area (Å²) in [7, 11) is 0. The maximum Gasteiger partial charge on any atom is 0.338 e. The maximum absolute atomic E-state index is 12.7. The first-order valence-electron chi connectivity index (χ1n) is 13.4. The Labute approximate surface area is 277 Å². The molecule has 4 rings (SSSR count). The van der Waals surface area contributed by atoms with E-state index < -0.39 is 22.8 Å². The molecule has 0 saturated heterocycles. The van der Waals surface area contributed by atoms with Crippen molar-refractivity contribution in [1.29, 1.82) is 0 Å². The van der Waals surface area contributed by atoms with Crippen LogP contribution in [0.15, 0.2) is 81.5 Å². The first kappa shape index (κ1) is 33.4. The van der Waals surface area contributed by atoms with Gasteiger partial charge >= 0.3 is 5.97 Å². The number of nitrogens with zero attached hydrogens (tertiary/aromatic N) is 2. The lowest BCUT2D eigenvalue weighted by Gasteiger charge is -2.30. The predicted octanol–water partition coefficient (Wildman–Crippen LogP) is 5.47. The SMILES string of the molecule is CCOC(=O)C1=C(C)NC(=S)N[C@H]1c1ccccc1OCC(=O)NN=Cc1cc(Cl)c(OCc2ccc([N+](=O)[O-])cc2)c(Br)c1. The molecular weight excluding hydrogens is 690 g/mol. The van der Waals surface area contributed by atoms with Gasteiger partial charge in [0.15, 0.2) is 17.5 Å². The highest BCUT2D eigenvalue weighted by Gasteiger charge is 2.32. The third-order valence-corrected chi connectivity index (χ3v) is 7.40. The van der Waals surface area contributed by atoms with Crippen molar-refractivity contribution in [3.63, 3.8) is 0 Å². The van der Waals surface area contributed by atoms with Gasteiger partial charge in [-0.05, 0) is 83.5 Å². The minimum Gasteiger partial charge on any atom is -0.486 e. The van der Waals surface area contributed by atoms with Crippen molar-refractivity contribution in [2.24, 2.45) is 5.10 Å². The van der Waals surface area contributed by atoms with E-state index in [0.29, 0.717) is 43.5 Å². The van der Waals surface area contributed by atoms with E-state index >= 15 is 0 Å². The number of allylic oxidation sites excluding steroid dienone is 1. The predicted molar refractivity (Wildman–Crippen MR) is 175 cm³/mol. The number of carbonyl (C=O) groups excluding carboxylic acids is 2. The van der Waals surface area contributed by atoms with Gasteiger partial charge in [-0.3, -0.25) is 14.9 Å². The number of non-ortho nitro benzene ring substituents is 1. The van der Waals surface area contributed by atoms with Gasteiger partial charge in [0.2, 0.25) is 0 Å². The van der Waals surface area contributed by atoms with Crippen molar-refractivity contribution < 1.29 is 28.7 Å². The van der Waals surface area contributed by atoms with E-state index in [1.165, 1.54) is 18.3 Å². The summed E-state index contributed by atoms with van der Waals surface area (Å²) in [5, 5.41) is 21.5. The normalized spacial score (nSPS) is 14.4. The van der Waals surface area contributed by atoms with Crippen molar-refractivity contribution in [1.82, 2.24) is 16.1 Å². The zero-order valence-corrected chi connectivity index (χ0v) is 27.1. The number of amides is 1. The van der Waals surface area contributed by atoms with Crippen molar-refractivity contribution in [3.05, 3.63) is 108 Å². The van der Waals surface area contributed by atoms with E-state index in [0.717, 1.165) is 5.56 Å². The second-order valence-electron chi connectivity index (χ2n) is 9.44. The van der Waals surface area contributed by atoms with Gasteiger partial charge in [-0.2, -0.15) is 5.10 Å². The topological polar surface area (TPSA) is 153 Å². The molecule has 0 saturated carbocycles. The van der Waals surface area contributed by atoms with Crippen LogP contribution >= 0.6 is 39.7 Å². The van der Waals surface area contributed by atoms with Crippen molar-refractivity contribution in [2.45, 2.75) is 26.5 Å². The standard InChI is InChI=1S/C30H27BrClN5O7S/c1-3-42-29(39)26-17(2)34-30(45)35-27(26)21-6-4-5-7-24(21)43-16-25(38)36-33-14-19-12-22(31)28(23(32)13-19)44-15-18-8-10-20(11-9-18)37(40)41/h4-14,27H,3,15-16H2,1-2H3,(H,36,38)(H2,34,35,45)/t27-/m0/s1. The first-order valence-corrected chi connectivity index (χ1v) is 15.0. The van der Waals surface area contributed by atoms with Crippen LogP contribution in [-0.2, 0) is 20.9 Å². The van der Waals surface area contributed by atoms with Gasteiger partial charge in [0.05, 0.1) is 38.9 Å². The average molecular weight is 717 g/mol. The minimum absolute atomic E-state index is 0.0122. The van der Waals surface area contributed by atoms with Gasteiger partial charge in [-0.1, -0.05) is 29.8 Å². The molecule has 3 aromatic carbocycles. The largest absolute Gasteiger partial charge is 0.486 e. The molecule has 1 atom stereocenters. The molecule has 1 amide bonds. The molecule has 1 aliphatic heterocycles. The second-order valence-corrected chi connectivity index (χ2v) is 11.1. The van der Waals surface area contributed by atoms with Crippen LogP contribution in [0.1, 0.15) is 36.6 Å². The molecule has 0 aliphatic carbocycles. The molecule has 15 heteroatoms. The lowest BCUT2D eigenvalue weighted by atomic mass is 9.95. The van der Waals surface area contributed by atoms with Gasteiger partial charge < -0.3 is 24.8 Å². The Morgan fingerprint density at radius 2 is 1.91 bits per heavy atom. The summed E-state index contributed by atoms with van der Waals surface area (Å²) in [6.07, 6.45) is 1.40. The molecule has 12 nitrogen and oxygen atoms in total. The van der Waals surface area contributed by atoms with Crippen LogP contribution in [0.25, 0.3) is 0 Å². The van der Waals surface area contributed by atoms with Gasteiger partial charge in [0, 0.05) is 23.4 Å². The molecule has 0 spiro atoms. The number of nitrogens with one attached hydrogen (secondary N) is 3. The van der Waals surface area contributed by atoms with E-state index in [1.807, 2.05) is 0 Å². The number of carbonyl (C=O) groups is 2. The van der Waals surface area contributed by atoms with Crippen LogP contribution in [0.3, 0.4) is 0 Å². The van der Waals surface area contributed by atoms with Gasteiger partial charge in [0.25, 0.3) is 11.6 Å². The molecule has 234 valence electrons. The second kappa shape index (κ2) is 15.5. The number of hydrazone groups is 1. The molecule has 0 radical (unpaired) electrons. The van der Waals surface area contributed by atoms with Crippen LogP contribution in [-0.4, -0.2) is 41.3 Å². The number of nitro groups is 1. The Balaban J connectivity index is 1.36. The summed E-state index contributed by atoms with van der Waals surface area (Å²) in [5.41, 5.74) is 5.19. The lowest BCUT2D eigenvalue weighted by molar-refractivity contribution is -0.384. The number of benzene rings is 3. The Kier molecular flexibility index (Phi) is 11.5. The highest BCUT2D eigenvalue weighted by molar-refractivity contribution is 9.10. The zero-order chi connectivity index (χ0) is 32.5. The van der Waals surface area contributed by atoms with Crippen LogP contribution in [0.2, 0.25) is 5.02 Å². The molecule has 3 aromatic rings. The molecule has 45 heavy (non-hydrogen) atoms. The number of hydrogen-bond donors (Lipinski definition) is 3. The Bertz CT molecular complexity index is 1660. The molecular formula is C30H27BrClN5O7S. The van der Waals surface area contributed by atoms with Gasteiger partial charge in [-0.15, -0.1) is 0 Å². The number of ether oxygens (including phenoxy) is 3. The zero-order valence-electron chi connectivity index (χ0n) is 24.0. The van der Waals surface area contributed by atoms with Crippen LogP contribution in [0.5, 0.6) is 11.5 Å². The van der Waals surface area contributed by atoms with E-state index in [2.05, 4.69) is 37.1 Å². The fraction of sp³-hybridized carbons (Fsp3) is 0.200. The van der Waals surface area contributed by atoms with Crippen molar-refractivity contribution >= 4 is 68.6 Å². The number of hydrogen-bond acceptors (Lipinski definition) is 9. The summed E-state index contributed by atoms with van der Waals surface area (Å²) in [6, 6.07) is 15.6. The number of halogens is 2. The van der Waals surface area contributed by atoms with Crippen LogP contribution in [0, 0.1) is 10.1 Å². The molecule has 3 N–H and O–H groups in total. The Morgan fingerprint density at radius 3 is 2.60 bits per heavy atom. The average Bonchev–Trinajstić information content (AvgIpc) is 2.99. The summed E-state index contributed by atoms with van der Waals surface area (Å²) in [6.45, 7) is 3.44. The number of esters is 1. The highest BCUT2D eigenvalue weighted by Crippen LogP contribution is 2.35. The summed E-state index contributed by atoms with van der Waals surface area (Å²) in [4.78, 5) is 35.6. The maximum atomic E-state index is 12.7. The van der Waals surface area contributed by atoms with Crippen molar-refractivity contribution in [3.8, 4) is 11.5 Å². The summed E-state index contributed by atoms with van der Waals surface area (Å²) in [5.74, 6) is -0.280. The number of thiocarbonyl (C=S) groups is 1. The van der Waals surface area contributed by atoms with E-state index in [-0.39, 0.29) is 30.5 Å². The smallest absolute Gasteiger partial charge is 0.338 e. The van der Waals surface area contributed by atoms with Crippen LogP contribution in [0.4, 0.5) is 5.69 Å².